The lowest BCUT2D eigenvalue weighted by Gasteiger charge is -2.23. The van der Waals surface area contributed by atoms with E-state index in [9.17, 15) is 26.4 Å². The molecule has 148 valence electrons. The van der Waals surface area contributed by atoms with Gasteiger partial charge in [0.1, 0.15) is 0 Å². The minimum atomic E-state index is -4.37. The fourth-order valence-electron chi connectivity index (χ4n) is 2.30. The van der Waals surface area contributed by atoms with Crippen LogP contribution >= 0.6 is 0 Å². The van der Waals surface area contributed by atoms with Gasteiger partial charge in [-0.05, 0) is 52.3 Å². The number of hydrogen-bond donors (Lipinski definition) is 1. The molecule has 0 aliphatic rings. The lowest BCUT2D eigenvalue weighted by molar-refractivity contribution is -0.136. The van der Waals surface area contributed by atoms with Gasteiger partial charge in [0.2, 0.25) is 10.0 Å². The highest BCUT2D eigenvalue weighted by Gasteiger charge is 2.30. The van der Waals surface area contributed by atoms with Gasteiger partial charge in [-0.1, -0.05) is 6.07 Å². The second kappa shape index (κ2) is 7.96. The van der Waals surface area contributed by atoms with Gasteiger partial charge in [0, 0.05) is 24.2 Å². The van der Waals surface area contributed by atoms with Gasteiger partial charge >= 0.3 is 6.18 Å². The van der Waals surface area contributed by atoms with Gasteiger partial charge in [0.15, 0.2) is 0 Å². The molecular weight excluding hydrogens is 369 g/mol. The Kier molecular flexibility index (Phi) is 6.86. The molecule has 0 saturated carbocycles. The molecule has 0 bridgehead atoms. The van der Waals surface area contributed by atoms with Crippen LogP contribution < -0.4 is 4.72 Å². The Balaban J connectivity index is 3.18. The maximum Gasteiger partial charge on any atom is 0.390 e. The third kappa shape index (κ3) is 6.60. The van der Waals surface area contributed by atoms with E-state index < -0.39 is 40.6 Å². The quantitative estimate of drug-likeness (QED) is 0.803. The maximum absolute atomic E-state index is 12.6. The highest BCUT2D eigenvalue weighted by molar-refractivity contribution is 7.89. The lowest BCUT2D eigenvalue weighted by Crippen LogP contribution is -2.40. The van der Waals surface area contributed by atoms with Crippen molar-refractivity contribution in [3.63, 3.8) is 0 Å². The molecule has 9 heteroatoms. The minimum Gasteiger partial charge on any atom is -0.339 e. The Morgan fingerprint density at radius 3 is 2.23 bits per heavy atom. The summed E-state index contributed by atoms with van der Waals surface area (Å²) in [5.41, 5.74) is -0.142. The van der Waals surface area contributed by atoms with Crippen LogP contribution in [0.1, 0.15) is 50.0 Å². The van der Waals surface area contributed by atoms with E-state index in [-0.39, 0.29) is 17.0 Å². The normalized spacial score (nSPS) is 12.9. The summed E-state index contributed by atoms with van der Waals surface area (Å²) in [6.07, 6.45) is -5.49. The Hall–Kier alpha value is -1.61. The van der Waals surface area contributed by atoms with Gasteiger partial charge in [-0.3, -0.25) is 4.79 Å². The topological polar surface area (TPSA) is 66.5 Å². The van der Waals surface area contributed by atoms with Crippen molar-refractivity contribution >= 4 is 15.9 Å². The molecule has 0 atom stereocenters. The molecule has 0 aliphatic heterocycles. The first-order valence-corrected chi connectivity index (χ1v) is 9.65. The lowest BCUT2D eigenvalue weighted by atomic mass is 10.1. The van der Waals surface area contributed by atoms with E-state index >= 15 is 0 Å². The number of halogens is 3. The van der Waals surface area contributed by atoms with Crippen LogP contribution in [0.25, 0.3) is 0 Å². The Morgan fingerprint density at radius 1 is 1.19 bits per heavy atom. The fourth-order valence-corrected chi connectivity index (χ4v) is 3.74. The van der Waals surface area contributed by atoms with Crippen LogP contribution in [0.15, 0.2) is 23.1 Å². The largest absolute Gasteiger partial charge is 0.390 e. The first-order valence-electron chi connectivity index (χ1n) is 8.17. The Morgan fingerprint density at radius 2 is 1.77 bits per heavy atom. The number of nitrogens with one attached hydrogen (secondary N) is 1. The summed E-state index contributed by atoms with van der Waals surface area (Å²) in [6.45, 7) is 7.84. The monoisotopic (exact) mass is 394 g/mol. The van der Waals surface area contributed by atoms with Crippen LogP contribution in [0.5, 0.6) is 0 Å². The van der Waals surface area contributed by atoms with Gasteiger partial charge in [-0.15, -0.1) is 0 Å². The van der Waals surface area contributed by atoms with Crippen molar-refractivity contribution in [1.29, 1.82) is 0 Å². The van der Waals surface area contributed by atoms with Crippen LogP contribution in [0.3, 0.4) is 0 Å². The van der Waals surface area contributed by atoms with E-state index in [1.54, 1.807) is 34.6 Å². The molecule has 0 spiro atoms. The van der Waals surface area contributed by atoms with Gasteiger partial charge < -0.3 is 4.90 Å². The van der Waals surface area contributed by atoms with Crippen molar-refractivity contribution in [1.82, 2.24) is 9.62 Å². The average Bonchev–Trinajstić information content (AvgIpc) is 2.44. The third-order valence-electron chi connectivity index (χ3n) is 3.52. The number of carbonyl (C=O) groups excluding carboxylic acids is 1. The highest BCUT2D eigenvalue weighted by atomic mass is 32.2. The molecule has 5 nitrogen and oxygen atoms in total. The van der Waals surface area contributed by atoms with Gasteiger partial charge in [0.05, 0.1) is 11.3 Å². The van der Waals surface area contributed by atoms with Gasteiger partial charge in [-0.2, -0.15) is 13.2 Å². The summed E-state index contributed by atoms with van der Waals surface area (Å²) in [6, 6.07) is 4.05. The molecule has 0 aliphatic carbocycles. The molecule has 0 heterocycles. The van der Waals surface area contributed by atoms with E-state index in [0.717, 1.165) is 4.90 Å². The predicted octanol–water partition coefficient (Wildman–Crippen LogP) is 3.49. The summed E-state index contributed by atoms with van der Waals surface area (Å²) in [7, 11) is -3.86. The van der Waals surface area contributed by atoms with Crippen LogP contribution in [-0.4, -0.2) is 44.0 Å². The van der Waals surface area contributed by atoms with Gasteiger partial charge in [0.25, 0.3) is 5.91 Å². The number of carbonyl (C=O) groups is 1. The average molecular weight is 394 g/mol. The Labute approximate surface area is 152 Å². The van der Waals surface area contributed by atoms with E-state index in [4.69, 9.17) is 0 Å². The predicted molar refractivity (Wildman–Crippen MR) is 93.5 cm³/mol. The number of sulfonamides is 1. The number of benzene rings is 1. The molecular formula is C17H25F3N2O3S. The zero-order valence-corrected chi connectivity index (χ0v) is 16.4. The number of nitrogens with zero attached hydrogens (tertiary/aromatic N) is 1. The fraction of sp³-hybridized carbons (Fsp3) is 0.588. The van der Waals surface area contributed by atoms with Crippen molar-refractivity contribution in [2.45, 2.75) is 57.7 Å². The first-order chi connectivity index (χ1) is 11.7. The molecule has 1 N–H and O–H groups in total. The Bertz CT molecular complexity index is 753. The molecule has 26 heavy (non-hydrogen) atoms. The molecule has 0 unspecified atom stereocenters. The van der Waals surface area contributed by atoms with E-state index in [2.05, 4.69) is 4.72 Å². The number of alkyl halides is 3. The zero-order chi connectivity index (χ0) is 20.3. The van der Waals surface area contributed by atoms with E-state index in [1.807, 2.05) is 0 Å². The van der Waals surface area contributed by atoms with E-state index in [1.165, 1.54) is 18.2 Å². The molecule has 0 aromatic heterocycles. The van der Waals surface area contributed by atoms with Crippen molar-refractivity contribution in [3.8, 4) is 0 Å². The van der Waals surface area contributed by atoms with E-state index in [0.29, 0.717) is 5.56 Å². The summed E-state index contributed by atoms with van der Waals surface area (Å²) >= 11 is 0. The number of hydrogen-bond acceptors (Lipinski definition) is 3. The molecule has 0 fully saturated rings. The molecule has 1 aromatic carbocycles. The van der Waals surface area contributed by atoms with Crippen molar-refractivity contribution in [3.05, 3.63) is 29.3 Å². The summed E-state index contributed by atoms with van der Waals surface area (Å²) in [5, 5.41) is 0. The molecule has 1 aromatic rings. The SMILES string of the molecule is CCN(CCC(F)(F)F)C(=O)c1cc(S(=O)(=O)NC(C)(C)C)ccc1C. The summed E-state index contributed by atoms with van der Waals surface area (Å²) in [5.74, 6) is -0.623. The summed E-state index contributed by atoms with van der Waals surface area (Å²) < 4.78 is 64.7. The molecule has 1 rings (SSSR count). The van der Waals surface area contributed by atoms with Crippen molar-refractivity contribution in [2.24, 2.45) is 0 Å². The second-order valence-corrected chi connectivity index (χ2v) is 8.76. The van der Waals surface area contributed by atoms with Gasteiger partial charge in [-0.25, -0.2) is 13.1 Å². The van der Waals surface area contributed by atoms with Crippen molar-refractivity contribution in [2.75, 3.05) is 13.1 Å². The van der Waals surface area contributed by atoms with Crippen LogP contribution in [0.2, 0.25) is 0 Å². The third-order valence-corrected chi connectivity index (χ3v) is 5.28. The van der Waals surface area contributed by atoms with Crippen LogP contribution in [0.4, 0.5) is 13.2 Å². The van der Waals surface area contributed by atoms with Crippen molar-refractivity contribution < 1.29 is 26.4 Å². The van der Waals surface area contributed by atoms with Crippen LogP contribution in [-0.2, 0) is 10.0 Å². The zero-order valence-electron chi connectivity index (χ0n) is 15.6. The first kappa shape index (κ1) is 22.4. The number of amides is 1. The standard InChI is InChI=1S/C17H25F3N2O3S/c1-6-22(10-9-17(18,19)20)15(23)14-11-13(8-7-12(14)2)26(24,25)21-16(3,4)5/h7-8,11,21H,6,9-10H2,1-5H3. The van der Waals surface area contributed by atoms with Crippen LogP contribution in [0, 0.1) is 6.92 Å². The molecule has 0 saturated heterocycles. The molecule has 0 radical (unpaired) electrons. The number of aryl methyl sites for hydroxylation is 1. The minimum absolute atomic E-state index is 0.0748. The number of rotatable bonds is 6. The molecule has 1 amide bonds. The smallest absolute Gasteiger partial charge is 0.339 e. The summed E-state index contributed by atoms with van der Waals surface area (Å²) in [4.78, 5) is 13.6. The second-order valence-electron chi connectivity index (χ2n) is 7.08. The highest BCUT2D eigenvalue weighted by Crippen LogP contribution is 2.22. The maximum atomic E-state index is 12.6.